The third kappa shape index (κ3) is 5.52. The first-order valence-electron chi connectivity index (χ1n) is 10.8. The van der Waals surface area contributed by atoms with Crippen LogP contribution in [-0.4, -0.2) is 47.4 Å². The average molecular weight is 453 g/mol. The molecule has 2 heterocycles. The van der Waals surface area contributed by atoms with Crippen LogP contribution in [0.5, 0.6) is 0 Å². The molecule has 4 atom stereocenters. The minimum atomic E-state index is -0.619. The van der Waals surface area contributed by atoms with Crippen molar-refractivity contribution in [2.75, 3.05) is 14.1 Å². The molecule has 2 fully saturated rings. The quantitative estimate of drug-likeness (QED) is 0.475. The van der Waals surface area contributed by atoms with Gasteiger partial charge in [0.1, 0.15) is 11.6 Å². The molecule has 178 valence electrons. The molecule has 0 aliphatic carbocycles. The van der Waals surface area contributed by atoms with Crippen LogP contribution in [0.25, 0.3) is 0 Å². The summed E-state index contributed by atoms with van der Waals surface area (Å²) in [6, 6.07) is 19.4. The SMILES string of the molecule is C.C=C(C)C[C@@]1(C)C(=O)O[C@H](c2ccccc2)N1C.C[C@@H]1C(=O)O[C@H](c2ccccc2)N1C. The van der Waals surface area contributed by atoms with Crippen molar-refractivity contribution < 1.29 is 19.1 Å². The molecule has 0 aromatic heterocycles. The Balaban J connectivity index is 0.000000233. The molecule has 0 amide bonds. The zero-order chi connectivity index (χ0) is 23.5. The number of likely N-dealkylation sites (N-methyl/N-ethyl adjacent to an activating group) is 2. The molecular formula is C27H36N2O4. The Kier molecular flexibility index (Phi) is 8.58. The Morgan fingerprint density at radius 1 is 0.939 bits per heavy atom. The van der Waals surface area contributed by atoms with E-state index in [-0.39, 0.29) is 37.9 Å². The maximum atomic E-state index is 12.1. The van der Waals surface area contributed by atoms with Crippen LogP contribution in [-0.2, 0) is 19.1 Å². The molecule has 0 spiro atoms. The molecule has 0 unspecified atom stereocenters. The van der Waals surface area contributed by atoms with Crippen LogP contribution in [0.1, 0.15) is 58.2 Å². The standard InChI is InChI=1S/C15H19NO2.C11H13NO2.CH4/c1-11(2)10-15(3)14(17)18-13(16(15)4)12-8-6-5-7-9-12;1-8-11(13)14-10(12(8)2)9-6-4-3-5-7-9;/h5-9,13H,1,10H2,2-4H3;3-8,10H,1-2H3;1H4/t13-,15+;8-,10-;/m11./s1. The maximum Gasteiger partial charge on any atom is 0.328 e. The van der Waals surface area contributed by atoms with Gasteiger partial charge in [0.25, 0.3) is 0 Å². The van der Waals surface area contributed by atoms with Crippen molar-refractivity contribution in [2.45, 2.75) is 58.7 Å². The largest absolute Gasteiger partial charge is 0.441 e. The molecule has 33 heavy (non-hydrogen) atoms. The van der Waals surface area contributed by atoms with Crippen LogP contribution >= 0.6 is 0 Å². The van der Waals surface area contributed by atoms with Crippen molar-refractivity contribution in [3.8, 4) is 0 Å². The summed E-state index contributed by atoms with van der Waals surface area (Å²) in [6.07, 6.45) is 0.0906. The number of hydrogen-bond donors (Lipinski definition) is 0. The van der Waals surface area contributed by atoms with Crippen LogP contribution in [0.2, 0.25) is 0 Å². The third-order valence-corrected chi connectivity index (χ3v) is 6.15. The molecule has 0 N–H and O–H groups in total. The van der Waals surface area contributed by atoms with E-state index in [1.54, 1.807) is 0 Å². The van der Waals surface area contributed by atoms with Crippen molar-refractivity contribution in [3.63, 3.8) is 0 Å². The van der Waals surface area contributed by atoms with E-state index in [0.717, 1.165) is 16.7 Å². The average Bonchev–Trinajstić information content (AvgIpc) is 3.17. The normalized spacial score (nSPS) is 27.1. The van der Waals surface area contributed by atoms with Crippen LogP contribution in [0, 0.1) is 0 Å². The number of esters is 2. The van der Waals surface area contributed by atoms with Crippen LogP contribution in [0.4, 0.5) is 0 Å². The monoisotopic (exact) mass is 452 g/mol. The fourth-order valence-corrected chi connectivity index (χ4v) is 3.99. The van der Waals surface area contributed by atoms with Gasteiger partial charge in [0.05, 0.1) is 0 Å². The first-order chi connectivity index (χ1) is 15.1. The number of rotatable bonds is 4. The Bertz CT molecular complexity index is 963. The minimum absolute atomic E-state index is 0. The van der Waals surface area contributed by atoms with E-state index in [0.29, 0.717) is 6.42 Å². The van der Waals surface area contributed by atoms with Crippen molar-refractivity contribution in [3.05, 3.63) is 83.9 Å². The number of benzene rings is 2. The summed E-state index contributed by atoms with van der Waals surface area (Å²) < 4.78 is 10.8. The molecule has 2 aromatic carbocycles. The maximum absolute atomic E-state index is 12.1. The number of carbonyl (C=O) groups is 2. The second kappa shape index (κ2) is 10.8. The zero-order valence-corrected chi connectivity index (χ0v) is 19.4. The van der Waals surface area contributed by atoms with Crippen molar-refractivity contribution in [1.82, 2.24) is 9.80 Å². The number of carbonyl (C=O) groups excluding carboxylic acids is 2. The highest BCUT2D eigenvalue weighted by Crippen LogP contribution is 2.39. The molecular weight excluding hydrogens is 416 g/mol. The summed E-state index contributed by atoms with van der Waals surface area (Å²) in [6.45, 7) is 9.59. The van der Waals surface area contributed by atoms with Crippen molar-refractivity contribution in [2.24, 2.45) is 0 Å². The molecule has 2 aliphatic rings. The Morgan fingerprint density at radius 3 is 1.85 bits per heavy atom. The fourth-order valence-electron chi connectivity index (χ4n) is 3.99. The molecule has 6 heteroatoms. The van der Waals surface area contributed by atoms with E-state index in [1.807, 2.05) is 105 Å². The lowest BCUT2D eigenvalue weighted by atomic mass is 9.93. The fraction of sp³-hybridized carbons (Fsp3) is 0.407. The first-order valence-corrected chi connectivity index (χ1v) is 10.8. The summed E-state index contributed by atoms with van der Waals surface area (Å²) in [7, 11) is 3.82. The lowest BCUT2D eigenvalue weighted by Gasteiger charge is -2.30. The van der Waals surface area contributed by atoms with Gasteiger partial charge in [-0.25, -0.2) is 4.79 Å². The van der Waals surface area contributed by atoms with Gasteiger partial charge in [-0.2, -0.15) is 0 Å². The minimum Gasteiger partial charge on any atom is -0.441 e. The number of nitrogens with zero attached hydrogens (tertiary/aromatic N) is 2. The van der Waals surface area contributed by atoms with Gasteiger partial charge in [-0.3, -0.25) is 14.6 Å². The Hall–Kier alpha value is -2.96. The van der Waals surface area contributed by atoms with E-state index < -0.39 is 5.54 Å². The number of ether oxygens (including phenoxy) is 2. The summed E-state index contributed by atoms with van der Waals surface area (Å²) in [5.74, 6) is -0.330. The van der Waals surface area contributed by atoms with E-state index in [1.165, 1.54) is 0 Å². The summed E-state index contributed by atoms with van der Waals surface area (Å²) in [5.41, 5.74) is 2.38. The predicted molar refractivity (Wildman–Crippen MR) is 130 cm³/mol. The van der Waals surface area contributed by atoms with Crippen molar-refractivity contribution in [1.29, 1.82) is 0 Å². The smallest absolute Gasteiger partial charge is 0.328 e. The van der Waals surface area contributed by atoms with Gasteiger partial charge in [0.15, 0.2) is 12.5 Å². The van der Waals surface area contributed by atoms with Crippen LogP contribution in [0.15, 0.2) is 72.8 Å². The third-order valence-electron chi connectivity index (χ3n) is 6.15. The second-order valence-electron chi connectivity index (χ2n) is 8.73. The summed E-state index contributed by atoms with van der Waals surface area (Å²) in [5, 5.41) is 0. The van der Waals surface area contributed by atoms with Crippen molar-refractivity contribution >= 4 is 11.9 Å². The lowest BCUT2D eigenvalue weighted by molar-refractivity contribution is -0.145. The highest BCUT2D eigenvalue weighted by molar-refractivity contribution is 5.83. The first kappa shape index (κ1) is 26.3. The molecule has 2 aliphatic heterocycles. The van der Waals surface area contributed by atoms with Gasteiger partial charge >= 0.3 is 11.9 Å². The summed E-state index contributed by atoms with van der Waals surface area (Å²) >= 11 is 0. The zero-order valence-electron chi connectivity index (χ0n) is 19.4. The topological polar surface area (TPSA) is 59.1 Å². The Labute approximate surface area is 197 Å². The van der Waals surface area contributed by atoms with Gasteiger partial charge in [0.2, 0.25) is 0 Å². The predicted octanol–water partition coefficient (Wildman–Crippen LogP) is 5.10. The summed E-state index contributed by atoms with van der Waals surface area (Å²) in [4.78, 5) is 27.3. The molecule has 0 bridgehead atoms. The molecule has 0 saturated carbocycles. The van der Waals surface area contributed by atoms with Gasteiger partial charge in [-0.1, -0.05) is 73.7 Å². The Morgan fingerprint density at radius 2 is 1.42 bits per heavy atom. The highest BCUT2D eigenvalue weighted by Gasteiger charge is 2.50. The van der Waals surface area contributed by atoms with E-state index >= 15 is 0 Å². The van der Waals surface area contributed by atoms with Crippen LogP contribution in [0.3, 0.4) is 0 Å². The molecule has 2 aromatic rings. The highest BCUT2D eigenvalue weighted by atomic mass is 16.6. The van der Waals surface area contributed by atoms with Gasteiger partial charge in [-0.05, 0) is 41.3 Å². The van der Waals surface area contributed by atoms with E-state index in [2.05, 4.69) is 6.58 Å². The molecule has 0 radical (unpaired) electrons. The molecule has 6 nitrogen and oxygen atoms in total. The molecule has 2 saturated heterocycles. The number of cyclic esters (lactones) is 2. The number of hydrogen-bond acceptors (Lipinski definition) is 6. The molecule has 4 rings (SSSR count). The van der Waals surface area contributed by atoms with Gasteiger partial charge in [-0.15, -0.1) is 6.58 Å². The van der Waals surface area contributed by atoms with Crippen LogP contribution < -0.4 is 0 Å². The van der Waals surface area contributed by atoms with E-state index in [4.69, 9.17) is 9.47 Å². The van der Waals surface area contributed by atoms with Gasteiger partial charge in [0, 0.05) is 11.1 Å². The van der Waals surface area contributed by atoms with E-state index in [9.17, 15) is 9.59 Å². The second-order valence-corrected chi connectivity index (χ2v) is 8.73. The van der Waals surface area contributed by atoms with Gasteiger partial charge < -0.3 is 9.47 Å². The lowest BCUT2D eigenvalue weighted by Crippen LogP contribution is -2.44.